The molecule has 1 saturated heterocycles. The number of aromatic nitrogens is 3. The fourth-order valence-electron chi connectivity index (χ4n) is 3.79. The van der Waals surface area contributed by atoms with Gasteiger partial charge in [0.1, 0.15) is 11.6 Å². The van der Waals surface area contributed by atoms with Crippen molar-refractivity contribution in [1.29, 1.82) is 0 Å². The van der Waals surface area contributed by atoms with Crippen molar-refractivity contribution in [1.82, 2.24) is 20.0 Å². The summed E-state index contributed by atoms with van der Waals surface area (Å²) in [7, 11) is 0. The van der Waals surface area contributed by atoms with E-state index in [9.17, 15) is 4.79 Å². The normalized spacial score (nSPS) is 14.8. The largest absolute Gasteiger partial charge is 0.379 e. The Bertz CT molecular complexity index is 1070. The fraction of sp³-hybridized carbons (Fsp3) is 0.462. The molecule has 1 aromatic carbocycles. The van der Waals surface area contributed by atoms with E-state index in [0.29, 0.717) is 5.82 Å². The Balaban J connectivity index is 1.26. The first-order valence-electron chi connectivity index (χ1n) is 11.8. The second kappa shape index (κ2) is 10.9. The number of carbonyl (C=O) groups excluding carboxylic acids is 1. The highest BCUT2D eigenvalue weighted by molar-refractivity contribution is 5.91. The third-order valence-corrected chi connectivity index (χ3v) is 5.85. The molecule has 34 heavy (non-hydrogen) atoms. The molecule has 3 heterocycles. The van der Waals surface area contributed by atoms with E-state index in [2.05, 4.69) is 25.3 Å². The average molecular weight is 464 g/mol. The first-order valence-corrected chi connectivity index (χ1v) is 11.8. The van der Waals surface area contributed by atoms with Crippen LogP contribution in [0.5, 0.6) is 0 Å². The number of benzene rings is 1. The van der Waals surface area contributed by atoms with Crippen LogP contribution in [0.15, 0.2) is 47.2 Å². The third kappa shape index (κ3) is 6.71. The Labute approximate surface area is 200 Å². The second-order valence-corrected chi connectivity index (χ2v) is 9.69. The molecule has 0 atom stereocenters. The number of nitrogens with one attached hydrogen (secondary N) is 1. The lowest BCUT2D eigenvalue weighted by Crippen LogP contribution is -2.37. The van der Waals surface area contributed by atoms with E-state index in [-0.39, 0.29) is 17.7 Å². The minimum atomic E-state index is -0.156. The summed E-state index contributed by atoms with van der Waals surface area (Å²) >= 11 is 0. The third-order valence-electron chi connectivity index (χ3n) is 5.85. The lowest BCUT2D eigenvalue weighted by Gasteiger charge is -2.26. The SMILES string of the molecule is CC(C)(C)c1cc(NC(=O)Cc2ccc(-c3cnc(CCCN4CCOCC4)nc3)cc2)no1. The maximum Gasteiger partial charge on any atom is 0.230 e. The molecule has 180 valence electrons. The zero-order valence-electron chi connectivity index (χ0n) is 20.2. The van der Waals surface area contributed by atoms with E-state index in [1.165, 1.54) is 0 Å². The summed E-state index contributed by atoms with van der Waals surface area (Å²) in [5, 5.41) is 6.74. The van der Waals surface area contributed by atoms with Crippen LogP contribution in [0.25, 0.3) is 11.1 Å². The highest BCUT2D eigenvalue weighted by Gasteiger charge is 2.20. The summed E-state index contributed by atoms with van der Waals surface area (Å²) in [6, 6.07) is 9.66. The van der Waals surface area contributed by atoms with Crippen LogP contribution in [-0.4, -0.2) is 58.8 Å². The van der Waals surface area contributed by atoms with Gasteiger partial charge >= 0.3 is 0 Å². The predicted molar refractivity (Wildman–Crippen MR) is 131 cm³/mol. The zero-order valence-corrected chi connectivity index (χ0v) is 20.2. The van der Waals surface area contributed by atoms with Gasteiger partial charge in [-0.3, -0.25) is 9.69 Å². The monoisotopic (exact) mass is 463 g/mol. The molecule has 0 unspecified atom stereocenters. The van der Waals surface area contributed by atoms with Gasteiger partial charge in [0.25, 0.3) is 0 Å². The summed E-state index contributed by atoms with van der Waals surface area (Å²) in [5.41, 5.74) is 2.75. The van der Waals surface area contributed by atoms with Gasteiger partial charge in [-0.2, -0.15) is 0 Å². The number of carbonyl (C=O) groups is 1. The maximum atomic E-state index is 12.4. The summed E-state index contributed by atoms with van der Waals surface area (Å²) in [4.78, 5) is 23.9. The van der Waals surface area contributed by atoms with Crippen LogP contribution >= 0.6 is 0 Å². The van der Waals surface area contributed by atoms with Crippen LogP contribution in [0.4, 0.5) is 5.82 Å². The number of hydrogen-bond acceptors (Lipinski definition) is 7. The van der Waals surface area contributed by atoms with Crippen molar-refractivity contribution in [2.75, 3.05) is 38.2 Å². The number of aryl methyl sites for hydroxylation is 1. The van der Waals surface area contributed by atoms with Crippen molar-refractivity contribution in [3.63, 3.8) is 0 Å². The average Bonchev–Trinajstić information content (AvgIpc) is 3.30. The molecule has 8 heteroatoms. The highest BCUT2D eigenvalue weighted by Crippen LogP contribution is 2.24. The van der Waals surface area contributed by atoms with E-state index in [0.717, 1.165) is 74.0 Å². The quantitative estimate of drug-likeness (QED) is 0.542. The van der Waals surface area contributed by atoms with Gasteiger partial charge in [-0.1, -0.05) is 50.2 Å². The van der Waals surface area contributed by atoms with Crippen molar-refractivity contribution in [3.8, 4) is 11.1 Å². The van der Waals surface area contributed by atoms with Gasteiger partial charge in [0.15, 0.2) is 5.82 Å². The maximum absolute atomic E-state index is 12.4. The van der Waals surface area contributed by atoms with Gasteiger partial charge in [-0.25, -0.2) is 9.97 Å². The van der Waals surface area contributed by atoms with Crippen LogP contribution < -0.4 is 5.32 Å². The predicted octanol–water partition coefficient (Wildman–Crippen LogP) is 3.88. The van der Waals surface area contributed by atoms with Gasteiger partial charge in [0.2, 0.25) is 5.91 Å². The number of morpholine rings is 1. The molecular weight excluding hydrogens is 430 g/mol. The van der Waals surface area contributed by atoms with Crippen molar-refractivity contribution in [2.45, 2.75) is 45.4 Å². The van der Waals surface area contributed by atoms with Crippen LogP contribution in [0.2, 0.25) is 0 Å². The van der Waals surface area contributed by atoms with Crippen molar-refractivity contribution in [2.24, 2.45) is 0 Å². The Kier molecular flexibility index (Phi) is 7.70. The van der Waals surface area contributed by atoms with Crippen LogP contribution in [-0.2, 0) is 27.8 Å². The van der Waals surface area contributed by atoms with Crippen LogP contribution in [0.3, 0.4) is 0 Å². The molecule has 0 bridgehead atoms. The zero-order chi connectivity index (χ0) is 24.0. The number of ether oxygens (including phenoxy) is 1. The molecule has 1 N–H and O–H groups in total. The Morgan fingerprint density at radius 2 is 1.76 bits per heavy atom. The molecule has 4 rings (SSSR count). The molecule has 3 aromatic rings. The molecule has 2 aromatic heterocycles. The smallest absolute Gasteiger partial charge is 0.230 e. The Morgan fingerprint density at radius 1 is 1.06 bits per heavy atom. The number of nitrogens with zero attached hydrogens (tertiary/aromatic N) is 4. The Morgan fingerprint density at radius 3 is 2.41 bits per heavy atom. The summed E-state index contributed by atoms with van der Waals surface area (Å²) in [6.07, 6.45) is 5.92. The minimum Gasteiger partial charge on any atom is -0.379 e. The van der Waals surface area contributed by atoms with Crippen LogP contribution in [0.1, 0.15) is 44.3 Å². The molecular formula is C26H33N5O3. The van der Waals surface area contributed by atoms with Crippen molar-refractivity contribution in [3.05, 3.63) is 59.9 Å². The molecule has 1 aliphatic heterocycles. The number of amides is 1. The fourth-order valence-corrected chi connectivity index (χ4v) is 3.79. The minimum absolute atomic E-state index is 0.133. The van der Waals surface area contributed by atoms with Gasteiger partial charge in [0.05, 0.1) is 19.6 Å². The summed E-state index contributed by atoms with van der Waals surface area (Å²) in [6.45, 7) is 10.8. The molecule has 0 aliphatic carbocycles. The molecule has 0 saturated carbocycles. The summed E-state index contributed by atoms with van der Waals surface area (Å²) < 4.78 is 10.7. The first-order chi connectivity index (χ1) is 16.4. The van der Waals surface area contributed by atoms with E-state index < -0.39 is 0 Å². The van der Waals surface area contributed by atoms with Crippen molar-refractivity contribution >= 4 is 11.7 Å². The number of anilines is 1. The van der Waals surface area contributed by atoms with Crippen LogP contribution in [0, 0.1) is 0 Å². The van der Waals surface area contributed by atoms with Gasteiger partial charge in [-0.05, 0) is 24.1 Å². The van der Waals surface area contributed by atoms with E-state index in [1.807, 2.05) is 57.4 Å². The van der Waals surface area contributed by atoms with E-state index in [1.54, 1.807) is 6.07 Å². The number of hydrogen-bond donors (Lipinski definition) is 1. The van der Waals surface area contributed by atoms with Gasteiger partial charge in [0, 0.05) is 48.9 Å². The van der Waals surface area contributed by atoms with E-state index >= 15 is 0 Å². The lowest BCUT2D eigenvalue weighted by atomic mass is 9.93. The Hall–Kier alpha value is -3.10. The molecule has 1 aliphatic rings. The second-order valence-electron chi connectivity index (χ2n) is 9.69. The van der Waals surface area contributed by atoms with Gasteiger partial charge in [-0.15, -0.1) is 0 Å². The lowest BCUT2D eigenvalue weighted by molar-refractivity contribution is -0.115. The molecule has 1 amide bonds. The number of rotatable bonds is 8. The molecule has 0 radical (unpaired) electrons. The van der Waals surface area contributed by atoms with Crippen molar-refractivity contribution < 1.29 is 14.1 Å². The highest BCUT2D eigenvalue weighted by atomic mass is 16.5. The van der Waals surface area contributed by atoms with Gasteiger partial charge < -0.3 is 14.6 Å². The standard InChI is InChI=1S/C26H33N5O3/c1-26(2,3)22-16-24(30-34-22)29-25(32)15-19-6-8-20(9-7-19)21-17-27-23(28-18-21)5-4-10-31-11-13-33-14-12-31/h6-9,16-18H,4-5,10-15H2,1-3H3,(H,29,30,32). The molecule has 8 nitrogen and oxygen atoms in total. The first kappa shape index (κ1) is 24.0. The molecule has 1 fully saturated rings. The summed E-state index contributed by atoms with van der Waals surface area (Å²) in [5.74, 6) is 1.91. The molecule has 0 spiro atoms. The van der Waals surface area contributed by atoms with E-state index in [4.69, 9.17) is 9.26 Å². The topological polar surface area (TPSA) is 93.4 Å².